The second-order valence-corrected chi connectivity index (χ2v) is 5.29. The van der Waals surface area contributed by atoms with Crippen molar-refractivity contribution in [1.29, 1.82) is 0 Å². The van der Waals surface area contributed by atoms with Gasteiger partial charge < -0.3 is 14.5 Å². The van der Waals surface area contributed by atoms with Crippen LogP contribution in [0.1, 0.15) is 45.4 Å². The molecule has 0 unspecified atom stereocenters. The first-order valence-electron chi connectivity index (χ1n) is 7.70. The Morgan fingerprint density at radius 3 is 2.00 bits per heavy atom. The summed E-state index contributed by atoms with van der Waals surface area (Å²) >= 11 is 0. The van der Waals surface area contributed by atoms with Gasteiger partial charge in [0.1, 0.15) is 0 Å². The van der Waals surface area contributed by atoms with Gasteiger partial charge in [-0.15, -0.1) is 0 Å². The Hall–Kier alpha value is -1.59. The van der Waals surface area contributed by atoms with E-state index in [9.17, 15) is 14.4 Å². The quantitative estimate of drug-likeness (QED) is 0.691. The first-order valence-corrected chi connectivity index (χ1v) is 7.70. The Balaban J connectivity index is 2.39. The molecule has 0 aromatic carbocycles. The number of amides is 2. The Bertz CT molecular complexity index is 371. The van der Waals surface area contributed by atoms with Crippen LogP contribution in [0.5, 0.6) is 0 Å². The van der Waals surface area contributed by atoms with Crippen LogP contribution < -0.4 is 0 Å². The van der Waals surface area contributed by atoms with Crippen LogP contribution in [-0.2, 0) is 19.1 Å². The van der Waals surface area contributed by atoms with Crippen molar-refractivity contribution in [2.45, 2.75) is 45.4 Å². The third kappa shape index (κ3) is 6.14. The molecule has 1 rings (SSSR count). The lowest BCUT2D eigenvalue weighted by Crippen LogP contribution is -2.37. The van der Waals surface area contributed by atoms with E-state index in [-0.39, 0.29) is 30.6 Å². The molecular formula is C15H26N2O4. The highest BCUT2D eigenvalue weighted by Crippen LogP contribution is 2.09. The van der Waals surface area contributed by atoms with E-state index in [2.05, 4.69) is 11.7 Å². The van der Waals surface area contributed by atoms with Gasteiger partial charge in [0.05, 0.1) is 13.5 Å². The van der Waals surface area contributed by atoms with Crippen LogP contribution in [-0.4, -0.2) is 60.9 Å². The topological polar surface area (TPSA) is 66.9 Å². The first kappa shape index (κ1) is 17.5. The van der Waals surface area contributed by atoms with Crippen molar-refractivity contribution in [3.05, 3.63) is 0 Å². The van der Waals surface area contributed by atoms with E-state index in [4.69, 9.17) is 0 Å². The molecule has 0 N–H and O–H groups in total. The Kier molecular flexibility index (Phi) is 7.79. The number of carbonyl (C=O) groups is 3. The highest BCUT2D eigenvalue weighted by molar-refractivity contribution is 5.81. The molecule has 1 heterocycles. The molecule has 0 aromatic rings. The molecular weight excluding hydrogens is 272 g/mol. The predicted molar refractivity (Wildman–Crippen MR) is 78.6 cm³/mol. The van der Waals surface area contributed by atoms with Gasteiger partial charge in [-0.25, -0.2) is 0 Å². The average molecular weight is 298 g/mol. The monoisotopic (exact) mass is 298 g/mol. The second-order valence-electron chi connectivity index (χ2n) is 5.29. The van der Waals surface area contributed by atoms with Crippen molar-refractivity contribution in [3.8, 4) is 0 Å². The highest BCUT2D eigenvalue weighted by Gasteiger charge is 2.21. The molecule has 0 bridgehead atoms. The van der Waals surface area contributed by atoms with Crippen LogP contribution in [0, 0.1) is 0 Å². The van der Waals surface area contributed by atoms with Crippen LogP contribution in [0.2, 0.25) is 0 Å². The molecule has 0 atom stereocenters. The number of esters is 1. The van der Waals surface area contributed by atoms with Crippen molar-refractivity contribution in [1.82, 2.24) is 9.80 Å². The Morgan fingerprint density at radius 2 is 1.48 bits per heavy atom. The van der Waals surface area contributed by atoms with Crippen LogP contribution >= 0.6 is 0 Å². The molecule has 120 valence electrons. The van der Waals surface area contributed by atoms with Gasteiger partial charge in [-0.05, 0) is 12.8 Å². The molecule has 2 amide bonds. The van der Waals surface area contributed by atoms with Crippen LogP contribution in [0.15, 0.2) is 0 Å². The minimum absolute atomic E-state index is 0.0387. The average Bonchev–Trinajstić information content (AvgIpc) is 2.75. The zero-order chi connectivity index (χ0) is 15.7. The number of methoxy groups -OCH3 is 1. The lowest BCUT2D eigenvalue weighted by atomic mass is 10.2. The number of hydrogen-bond donors (Lipinski definition) is 0. The van der Waals surface area contributed by atoms with Crippen molar-refractivity contribution < 1.29 is 19.1 Å². The zero-order valence-corrected chi connectivity index (χ0v) is 13.1. The number of ether oxygens (including phenoxy) is 1. The molecule has 6 heteroatoms. The van der Waals surface area contributed by atoms with Gasteiger partial charge in [0.15, 0.2) is 0 Å². The number of unbranched alkanes of at least 4 members (excludes halogenated alkanes) is 1. The molecule has 1 aliphatic heterocycles. The molecule has 1 aliphatic rings. The Labute approximate surface area is 126 Å². The SMILES string of the molecule is CCCCC(=O)N1CCCN(C(=O)CCC(=O)OC)CC1. The summed E-state index contributed by atoms with van der Waals surface area (Å²) < 4.78 is 4.54. The largest absolute Gasteiger partial charge is 0.469 e. The maximum absolute atomic E-state index is 12.0. The lowest BCUT2D eigenvalue weighted by Gasteiger charge is -2.22. The summed E-state index contributed by atoms with van der Waals surface area (Å²) in [6, 6.07) is 0. The molecule has 6 nitrogen and oxygen atoms in total. The Morgan fingerprint density at radius 1 is 0.905 bits per heavy atom. The lowest BCUT2D eigenvalue weighted by molar-refractivity contribution is -0.143. The van der Waals surface area contributed by atoms with Crippen molar-refractivity contribution in [3.63, 3.8) is 0 Å². The van der Waals surface area contributed by atoms with Crippen molar-refractivity contribution in [2.75, 3.05) is 33.3 Å². The predicted octanol–water partition coefficient (Wildman–Crippen LogP) is 1.19. The van der Waals surface area contributed by atoms with E-state index >= 15 is 0 Å². The van der Waals surface area contributed by atoms with E-state index in [0.29, 0.717) is 32.6 Å². The van der Waals surface area contributed by atoms with Crippen LogP contribution in [0.3, 0.4) is 0 Å². The van der Waals surface area contributed by atoms with Gasteiger partial charge in [0, 0.05) is 39.0 Å². The number of carbonyl (C=O) groups excluding carboxylic acids is 3. The van der Waals surface area contributed by atoms with Gasteiger partial charge in [-0.1, -0.05) is 13.3 Å². The molecule has 0 aromatic heterocycles. The highest BCUT2D eigenvalue weighted by atomic mass is 16.5. The van der Waals surface area contributed by atoms with Crippen molar-refractivity contribution in [2.24, 2.45) is 0 Å². The summed E-state index contributed by atoms with van der Waals surface area (Å²) in [5, 5.41) is 0. The minimum atomic E-state index is -0.366. The van der Waals surface area contributed by atoms with Crippen LogP contribution in [0.4, 0.5) is 0 Å². The summed E-state index contributed by atoms with van der Waals surface area (Å²) in [6.45, 7) is 4.57. The first-order chi connectivity index (χ1) is 10.1. The van der Waals surface area contributed by atoms with E-state index in [1.54, 1.807) is 4.90 Å². The normalized spacial score (nSPS) is 15.5. The third-order valence-electron chi connectivity index (χ3n) is 3.72. The second kappa shape index (κ2) is 9.37. The fourth-order valence-electron chi connectivity index (χ4n) is 2.37. The molecule has 0 aliphatic carbocycles. The third-order valence-corrected chi connectivity index (χ3v) is 3.72. The van der Waals surface area contributed by atoms with Gasteiger partial charge in [-0.3, -0.25) is 14.4 Å². The summed E-state index contributed by atoms with van der Waals surface area (Å²) in [6.07, 6.45) is 3.60. The summed E-state index contributed by atoms with van der Waals surface area (Å²) in [7, 11) is 1.32. The smallest absolute Gasteiger partial charge is 0.306 e. The standard InChI is InChI=1S/C15H26N2O4/c1-3-4-6-13(18)16-9-5-10-17(12-11-16)14(19)7-8-15(20)21-2/h3-12H2,1-2H3. The van der Waals surface area contributed by atoms with E-state index in [1.165, 1.54) is 7.11 Å². The van der Waals surface area contributed by atoms with Gasteiger partial charge in [-0.2, -0.15) is 0 Å². The maximum Gasteiger partial charge on any atom is 0.306 e. The van der Waals surface area contributed by atoms with E-state index in [0.717, 1.165) is 19.3 Å². The van der Waals surface area contributed by atoms with E-state index < -0.39 is 0 Å². The van der Waals surface area contributed by atoms with Gasteiger partial charge in [0.2, 0.25) is 11.8 Å². The molecule has 21 heavy (non-hydrogen) atoms. The summed E-state index contributed by atoms with van der Waals surface area (Å²) in [4.78, 5) is 38.7. The maximum atomic E-state index is 12.0. The molecule has 0 radical (unpaired) electrons. The number of hydrogen-bond acceptors (Lipinski definition) is 4. The fraction of sp³-hybridized carbons (Fsp3) is 0.800. The van der Waals surface area contributed by atoms with E-state index in [1.807, 2.05) is 4.90 Å². The molecule has 1 saturated heterocycles. The summed E-state index contributed by atoms with van der Waals surface area (Å²) in [5.74, 6) is -0.224. The molecule has 1 fully saturated rings. The van der Waals surface area contributed by atoms with Gasteiger partial charge in [0.25, 0.3) is 0 Å². The van der Waals surface area contributed by atoms with Crippen molar-refractivity contribution >= 4 is 17.8 Å². The van der Waals surface area contributed by atoms with Gasteiger partial charge >= 0.3 is 5.97 Å². The fourth-order valence-corrected chi connectivity index (χ4v) is 2.37. The summed E-state index contributed by atoms with van der Waals surface area (Å²) in [5.41, 5.74) is 0. The zero-order valence-electron chi connectivity index (χ0n) is 13.1. The minimum Gasteiger partial charge on any atom is -0.469 e. The number of nitrogens with zero attached hydrogens (tertiary/aromatic N) is 2. The van der Waals surface area contributed by atoms with Crippen LogP contribution in [0.25, 0.3) is 0 Å². The number of rotatable bonds is 6. The molecule has 0 spiro atoms. The molecule has 0 saturated carbocycles.